The van der Waals surface area contributed by atoms with Crippen molar-refractivity contribution in [1.29, 1.82) is 0 Å². The average Bonchev–Trinajstić information content (AvgIpc) is 3.27. The molecular weight excluding hydrogens is 312 g/mol. The topological polar surface area (TPSA) is 79.7 Å². The highest BCUT2D eigenvalue weighted by atomic mass is 32.1. The van der Waals surface area contributed by atoms with Gasteiger partial charge in [-0.25, -0.2) is 4.98 Å². The molecule has 0 aliphatic heterocycles. The highest BCUT2D eigenvalue weighted by Gasteiger charge is 2.19. The van der Waals surface area contributed by atoms with E-state index >= 15 is 0 Å². The number of aromatic nitrogens is 5. The summed E-state index contributed by atoms with van der Waals surface area (Å²) in [5.74, 6) is -0.103. The van der Waals surface area contributed by atoms with Crippen LogP contribution in [0, 0.1) is 5.92 Å². The number of thiophene rings is 1. The van der Waals surface area contributed by atoms with E-state index in [1.165, 1.54) is 6.33 Å². The van der Waals surface area contributed by atoms with Crippen LogP contribution in [-0.4, -0.2) is 42.8 Å². The Bertz CT molecular complexity index is 749. The number of rotatable bonds is 6. The number of carbonyl (C=O) groups excluding carboxylic acids is 1. The van der Waals surface area contributed by atoms with E-state index in [-0.39, 0.29) is 11.8 Å². The van der Waals surface area contributed by atoms with E-state index < -0.39 is 0 Å². The van der Waals surface area contributed by atoms with Crippen LogP contribution in [0.1, 0.15) is 12.6 Å². The predicted molar refractivity (Wildman–Crippen MR) is 87.6 cm³/mol. The zero-order chi connectivity index (χ0) is 16.2. The van der Waals surface area contributed by atoms with Crippen molar-refractivity contribution in [2.75, 3.05) is 7.05 Å². The molecule has 3 heterocycles. The van der Waals surface area contributed by atoms with Gasteiger partial charge in [-0.15, -0.1) is 11.3 Å². The van der Waals surface area contributed by atoms with Crippen LogP contribution in [0.4, 0.5) is 0 Å². The Morgan fingerprint density at radius 2 is 2.39 bits per heavy atom. The molecule has 120 valence electrons. The van der Waals surface area contributed by atoms with E-state index in [2.05, 4.69) is 20.3 Å². The molecule has 7 nitrogen and oxygen atoms in total. The molecule has 0 fully saturated rings. The molecule has 0 aliphatic carbocycles. The molecule has 0 saturated heterocycles. The van der Waals surface area contributed by atoms with Gasteiger partial charge in [-0.1, -0.05) is 13.0 Å². The number of aromatic amines is 1. The highest BCUT2D eigenvalue weighted by Crippen LogP contribution is 2.23. The third-order valence-corrected chi connectivity index (χ3v) is 4.43. The first-order valence-corrected chi connectivity index (χ1v) is 8.17. The van der Waals surface area contributed by atoms with Crippen LogP contribution in [0.3, 0.4) is 0 Å². The lowest BCUT2D eigenvalue weighted by Gasteiger charge is -2.20. The van der Waals surface area contributed by atoms with E-state index in [1.54, 1.807) is 34.3 Å². The van der Waals surface area contributed by atoms with Gasteiger partial charge in [0.25, 0.3) is 0 Å². The number of nitrogens with one attached hydrogen (secondary N) is 1. The summed E-state index contributed by atoms with van der Waals surface area (Å²) in [6.45, 7) is 2.91. The van der Waals surface area contributed by atoms with Crippen molar-refractivity contribution in [3.05, 3.63) is 41.9 Å². The number of carbonyl (C=O) groups is 1. The van der Waals surface area contributed by atoms with E-state index in [4.69, 9.17) is 0 Å². The molecule has 23 heavy (non-hydrogen) atoms. The van der Waals surface area contributed by atoms with Gasteiger partial charge in [0.2, 0.25) is 5.91 Å². The Morgan fingerprint density at radius 1 is 1.52 bits per heavy atom. The summed E-state index contributed by atoms with van der Waals surface area (Å²) < 4.78 is 1.67. The first kappa shape index (κ1) is 15.4. The monoisotopic (exact) mass is 330 g/mol. The van der Waals surface area contributed by atoms with Crippen molar-refractivity contribution in [3.8, 4) is 10.6 Å². The van der Waals surface area contributed by atoms with Crippen LogP contribution in [0.25, 0.3) is 10.6 Å². The van der Waals surface area contributed by atoms with E-state index in [9.17, 15) is 4.79 Å². The second-order valence-electron chi connectivity index (χ2n) is 5.47. The first-order chi connectivity index (χ1) is 11.1. The van der Waals surface area contributed by atoms with Crippen LogP contribution in [0.5, 0.6) is 0 Å². The minimum atomic E-state index is -0.165. The highest BCUT2D eigenvalue weighted by molar-refractivity contribution is 7.13. The largest absolute Gasteiger partial charge is 0.340 e. The Morgan fingerprint density at radius 3 is 3.09 bits per heavy atom. The molecule has 0 aliphatic rings. The van der Waals surface area contributed by atoms with Crippen molar-refractivity contribution in [1.82, 2.24) is 29.9 Å². The van der Waals surface area contributed by atoms with Crippen molar-refractivity contribution in [2.24, 2.45) is 5.92 Å². The fourth-order valence-corrected chi connectivity index (χ4v) is 3.07. The second-order valence-corrected chi connectivity index (χ2v) is 6.42. The van der Waals surface area contributed by atoms with Crippen molar-refractivity contribution >= 4 is 17.2 Å². The third kappa shape index (κ3) is 3.65. The summed E-state index contributed by atoms with van der Waals surface area (Å²) in [6.07, 6.45) is 3.09. The summed E-state index contributed by atoms with van der Waals surface area (Å²) in [5, 5.41) is 13.4. The molecule has 3 aromatic rings. The van der Waals surface area contributed by atoms with Crippen LogP contribution in [-0.2, 0) is 17.9 Å². The Kier molecular flexibility index (Phi) is 4.52. The molecule has 3 aromatic heterocycles. The van der Waals surface area contributed by atoms with Gasteiger partial charge in [0, 0.05) is 7.05 Å². The Balaban J connectivity index is 1.60. The average molecular weight is 330 g/mol. The molecule has 1 unspecified atom stereocenters. The lowest BCUT2D eigenvalue weighted by Crippen LogP contribution is -2.33. The number of amides is 1. The maximum Gasteiger partial charge on any atom is 0.227 e. The van der Waals surface area contributed by atoms with Gasteiger partial charge in [-0.05, 0) is 17.5 Å². The Hall–Kier alpha value is -2.48. The van der Waals surface area contributed by atoms with Gasteiger partial charge in [-0.3, -0.25) is 14.6 Å². The predicted octanol–water partition coefficient (Wildman–Crippen LogP) is 2.02. The van der Waals surface area contributed by atoms with Crippen molar-refractivity contribution in [2.45, 2.75) is 20.0 Å². The van der Waals surface area contributed by atoms with E-state index in [0.29, 0.717) is 13.1 Å². The molecule has 0 bridgehead atoms. The van der Waals surface area contributed by atoms with Gasteiger partial charge in [0.05, 0.1) is 29.6 Å². The number of H-pyrrole nitrogens is 1. The SMILES string of the molecule is CC(Cn1cncn1)C(=O)N(C)Cc1cc(-c2cccs2)n[nH]1. The van der Waals surface area contributed by atoms with Crippen molar-refractivity contribution in [3.63, 3.8) is 0 Å². The molecular formula is C15H18N6OS. The molecule has 0 spiro atoms. The standard InChI is InChI=1S/C15H18N6OS/c1-11(7-21-10-16-9-17-21)15(22)20(2)8-12-6-13(19-18-12)14-4-3-5-23-14/h3-6,9-11H,7-8H2,1-2H3,(H,18,19). The summed E-state index contributed by atoms with van der Waals surface area (Å²) in [5.41, 5.74) is 1.82. The normalized spacial score (nSPS) is 12.3. The summed E-state index contributed by atoms with van der Waals surface area (Å²) in [4.78, 5) is 19.1. The molecule has 0 saturated carbocycles. The number of hydrogen-bond acceptors (Lipinski definition) is 5. The molecule has 1 atom stereocenters. The Labute approximate surface area is 138 Å². The summed E-state index contributed by atoms with van der Waals surface area (Å²) in [6, 6.07) is 6.01. The quantitative estimate of drug-likeness (QED) is 0.750. The maximum atomic E-state index is 12.4. The van der Waals surface area contributed by atoms with Gasteiger partial charge in [-0.2, -0.15) is 10.2 Å². The van der Waals surface area contributed by atoms with E-state index in [1.807, 2.05) is 30.5 Å². The fraction of sp³-hybridized carbons (Fsp3) is 0.333. The second kappa shape index (κ2) is 6.74. The molecule has 0 radical (unpaired) electrons. The van der Waals surface area contributed by atoms with Gasteiger partial charge in [0.15, 0.2) is 0 Å². The molecule has 8 heteroatoms. The van der Waals surface area contributed by atoms with Crippen LogP contribution < -0.4 is 0 Å². The van der Waals surface area contributed by atoms with E-state index in [0.717, 1.165) is 16.3 Å². The van der Waals surface area contributed by atoms with Crippen LogP contribution in [0.2, 0.25) is 0 Å². The summed E-state index contributed by atoms with van der Waals surface area (Å²) >= 11 is 1.64. The van der Waals surface area contributed by atoms with Gasteiger partial charge >= 0.3 is 0 Å². The lowest BCUT2D eigenvalue weighted by atomic mass is 10.1. The third-order valence-electron chi connectivity index (χ3n) is 3.54. The van der Waals surface area contributed by atoms with Crippen LogP contribution >= 0.6 is 11.3 Å². The van der Waals surface area contributed by atoms with Gasteiger partial charge in [0.1, 0.15) is 18.3 Å². The van der Waals surface area contributed by atoms with Crippen molar-refractivity contribution < 1.29 is 4.79 Å². The minimum Gasteiger partial charge on any atom is -0.340 e. The zero-order valence-corrected chi connectivity index (χ0v) is 13.8. The summed E-state index contributed by atoms with van der Waals surface area (Å²) in [7, 11) is 1.80. The molecule has 3 rings (SSSR count). The maximum absolute atomic E-state index is 12.4. The zero-order valence-electron chi connectivity index (χ0n) is 13.0. The smallest absolute Gasteiger partial charge is 0.227 e. The number of hydrogen-bond donors (Lipinski definition) is 1. The molecule has 0 aromatic carbocycles. The molecule has 1 amide bonds. The number of nitrogens with zero attached hydrogens (tertiary/aromatic N) is 5. The lowest BCUT2D eigenvalue weighted by molar-refractivity contribution is -0.134. The molecule has 1 N–H and O–H groups in total. The first-order valence-electron chi connectivity index (χ1n) is 7.29. The van der Waals surface area contributed by atoms with Gasteiger partial charge < -0.3 is 4.90 Å². The fourth-order valence-electron chi connectivity index (χ4n) is 2.39. The van der Waals surface area contributed by atoms with Crippen LogP contribution in [0.15, 0.2) is 36.2 Å². The minimum absolute atomic E-state index is 0.0628.